The summed E-state index contributed by atoms with van der Waals surface area (Å²) in [6, 6.07) is 6.22. The molecule has 0 aromatic heterocycles. The van der Waals surface area contributed by atoms with E-state index in [0.717, 1.165) is 22.6 Å². The number of hydrogen-bond donors (Lipinski definition) is 3. The molecule has 2 amide bonds. The van der Waals surface area contributed by atoms with Gasteiger partial charge in [-0.15, -0.1) is 0 Å². The van der Waals surface area contributed by atoms with Crippen molar-refractivity contribution in [3.8, 4) is 0 Å². The van der Waals surface area contributed by atoms with Gasteiger partial charge in [0, 0.05) is 5.56 Å². The van der Waals surface area contributed by atoms with Crippen LogP contribution in [0, 0.1) is 31.4 Å². The summed E-state index contributed by atoms with van der Waals surface area (Å²) in [5.41, 5.74) is 3.16. The molecule has 3 N–H and O–H groups in total. The van der Waals surface area contributed by atoms with Crippen molar-refractivity contribution in [2.75, 3.05) is 0 Å². The van der Waals surface area contributed by atoms with Gasteiger partial charge in [0.15, 0.2) is 0 Å². The summed E-state index contributed by atoms with van der Waals surface area (Å²) >= 11 is 0. The molecule has 2 aromatic carbocycles. The van der Waals surface area contributed by atoms with Gasteiger partial charge in [0.25, 0.3) is 11.8 Å². The molecule has 0 heterocycles. The lowest BCUT2D eigenvalue weighted by Gasteiger charge is -2.34. The number of hydrogen-bond acceptors (Lipinski definition) is 4. The van der Waals surface area contributed by atoms with E-state index in [1.54, 1.807) is 12.1 Å². The van der Waals surface area contributed by atoms with Crippen molar-refractivity contribution in [2.24, 2.45) is 5.92 Å². The number of aryl methyl sites for hydroxylation is 2. The molecule has 0 bridgehead atoms. The topological polar surface area (TPSA) is 89.9 Å². The van der Waals surface area contributed by atoms with Crippen LogP contribution in [0.1, 0.15) is 65.5 Å². The third-order valence-electron chi connectivity index (χ3n) is 5.18. The lowest BCUT2D eigenvalue weighted by Crippen LogP contribution is -2.54. The second kappa shape index (κ2) is 10.7. The highest BCUT2D eigenvalue weighted by atomic mass is 19.1. The van der Waals surface area contributed by atoms with Crippen LogP contribution in [0.2, 0.25) is 0 Å². The van der Waals surface area contributed by atoms with E-state index in [1.807, 2.05) is 40.7 Å². The highest BCUT2D eigenvalue weighted by Gasteiger charge is 2.31. The van der Waals surface area contributed by atoms with E-state index < -0.39 is 47.6 Å². The first-order valence-electron chi connectivity index (χ1n) is 10.5. The van der Waals surface area contributed by atoms with E-state index in [0.29, 0.717) is 24.1 Å². The summed E-state index contributed by atoms with van der Waals surface area (Å²) in [6.07, 6.45) is 1.29. The van der Waals surface area contributed by atoms with E-state index in [1.165, 1.54) is 0 Å². The van der Waals surface area contributed by atoms with Crippen LogP contribution in [0.4, 0.5) is 8.78 Å². The van der Waals surface area contributed by atoms with Crippen molar-refractivity contribution in [1.82, 2.24) is 10.4 Å². The van der Waals surface area contributed by atoms with Crippen LogP contribution in [0.5, 0.6) is 0 Å². The van der Waals surface area contributed by atoms with Gasteiger partial charge < -0.3 is 10.0 Å². The maximum atomic E-state index is 14.5. The van der Waals surface area contributed by atoms with Crippen LogP contribution in [0.3, 0.4) is 0 Å². The van der Waals surface area contributed by atoms with Crippen molar-refractivity contribution >= 4 is 24.4 Å². The maximum absolute atomic E-state index is 14.5. The Balaban J connectivity index is 2.49. The largest absolute Gasteiger partial charge is 0.488 e. The Morgan fingerprint density at radius 1 is 1.03 bits per heavy atom. The number of rotatable bonds is 7. The maximum Gasteiger partial charge on any atom is 0.488 e. The molecule has 6 nitrogen and oxygen atoms in total. The Kier molecular flexibility index (Phi) is 8.52. The molecule has 0 unspecified atom stereocenters. The fourth-order valence-corrected chi connectivity index (χ4v) is 3.70. The molecule has 172 valence electrons. The molecule has 1 atom stereocenters. The Morgan fingerprint density at radius 2 is 1.56 bits per heavy atom. The van der Waals surface area contributed by atoms with Crippen molar-refractivity contribution < 1.29 is 28.4 Å². The third kappa shape index (κ3) is 5.92. The molecule has 32 heavy (non-hydrogen) atoms. The molecular formula is C23H29BF2N2O4. The van der Waals surface area contributed by atoms with E-state index in [9.17, 15) is 18.4 Å². The van der Waals surface area contributed by atoms with Gasteiger partial charge >= 0.3 is 7.12 Å². The molecule has 0 radical (unpaired) electrons. The van der Waals surface area contributed by atoms with Crippen LogP contribution in [-0.4, -0.2) is 40.0 Å². The fourth-order valence-electron chi connectivity index (χ4n) is 3.70. The minimum Gasteiger partial charge on any atom is -0.423 e. The first kappa shape index (κ1) is 25.5. The first-order chi connectivity index (χ1) is 15.0. The van der Waals surface area contributed by atoms with Crippen LogP contribution < -0.4 is 10.9 Å². The fraction of sp³-hybridized carbons (Fsp3) is 0.391. The SMILES string of the molecule is CCC[C@H](C(C)C)N(NC(=O)c1c(F)cc(B(O)O)cc1F)C(=O)c1cc(C)cc(C)c1. The Morgan fingerprint density at radius 3 is 2.00 bits per heavy atom. The minimum absolute atomic E-state index is 0.0493. The normalized spacial score (nSPS) is 11.9. The standard InChI is InChI=1S/C23H29BF2N2O4/c1-6-7-20(13(2)3)28(23(30)16-9-14(4)8-15(5)10-16)27-22(29)21-18(25)11-17(24(31)32)12-19(21)26/h8-13,20,31-32H,6-7H2,1-5H3,(H,27,29)/t20-/m1/s1. The lowest BCUT2D eigenvalue weighted by atomic mass is 9.79. The van der Waals surface area contributed by atoms with Crippen molar-refractivity contribution in [3.05, 3.63) is 64.2 Å². The predicted octanol–water partition coefficient (Wildman–Crippen LogP) is 2.87. The molecule has 2 rings (SSSR count). The molecule has 0 spiro atoms. The summed E-state index contributed by atoms with van der Waals surface area (Å²) in [7, 11) is -2.09. The molecule has 0 fully saturated rings. The zero-order valence-electron chi connectivity index (χ0n) is 18.9. The van der Waals surface area contributed by atoms with Crippen molar-refractivity contribution in [3.63, 3.8) is 0 Å². The van der Waals surface area contributed by atoms with Gasteiger partial charge in [-0.2, -0.15) is 0 Å². The van der Waals surface area contributed by atoms with Gasteiger partial charge in [0.2, 0.25) is 0 Å². The monoisotopic (exact) mass is 446 g/mol. The predicted molar refractivity (Wildman–Crippen MR) is 119 cm³/mol. The average Bonchev–Trinajstić information content (AvgIpc) is 2.68. The van der Waals surface area contributed by atoms with Crippen molar-refractivity contribution in [2.45, 2.75) is 53.5 Å². The molecule has 0 saturated carbocycles. The minimum atomic E-state index is -2.09. The van der Waals surface area contributed by atoms with E-state index in [-0.39, 0.29) is 5.92 Å². The molecule has 0 aliphatic carbocycles. The second-order valence-corrected chi connectivity index (χ2v) is 8.33. The Bertz CT molecular complexity index is 955. The molecule has 9 heteroatoms. The lowest BCUT2D eigenvalue weighted by molar-refractivity contribution is 0.0397. The van der Waals surface area contributed by atoms with Crippen LogP contribution in [0.15, 0.2) is 30.3 Å². The van der Waals surface area contributed by atoms with E-state index in [4.69, 9.17) is 10.0 Å². The number of carbonyl (C=O) groups excluding carboxylic acids is 2. The number of benzene rings is 2. The number of carbonyl (C=O) groups is 2. The van der Waals surface area contributed by atoms with Crippen LogP contribution in [0.25, 0.3) is 0 Å². The summed E-state index contributed by atoms with van der Waals surface area (Å²) in [4.78, 5) is 26.3. The highest BCUT2D eigenvalue weighted by molar-refractivity contribution is 6.58. The number of hydrazine groups is 1. The summed E-state index contributed by atoms with van der Waals surface area (Å²) in [5.74, 6) is -4.20. The molecular weight excluding hydrogens is 417 g/mol. The van der Waals surface area contributed by atoms with Gasteiger partial charge in [0.05, 0.1) is 6.04 Å². The summed E-state index contributed by atoms with van der Waals surface area (Å²) in [5, 5.41) is 19.5. The number of halogens is 2. The summed E-state index contributed by atoms with van der Waals surface area (Å²) < 4.78 is 29.0. The number of amides is 2. The molecule has 0 aliphatic heterocycles. The van der Waals surface area contributed by atoms with Gasteiger partial charge in [-0.05, 0) is 55.9 Å². The molecule has 2 aromatic rings. The quantitative estimate of drug-likeness (QED) is 0.451. The Labute approximate surface area is 187 Å². The zero-order valence-corrected chi connectivity index (χ0v) is 18.9. The smallest absolute Gasteiger partial charge is 0.423 e. The number of nitrogens with one attached hydrogen (secondary N) is 1. The van der Waals surface area contributed by atoms with Gasteiger partial charge in [-0.25, -0.2) is 13.8 Å². The van der Waals surface area contributed by atoms with Gasteiger partial charge in [-0.1, -0.05) is 44.4 Å². The van der Waals surface area contributed by atoms with E-state index in [2.05, 4.69) is 5.43 Å². The van der Waals surface area contributed by atoms with Gasteiger partial charge in [0.1, 0.15) is 17.2 Å². The number of nitrogens with zero attached hydrogens (tertiary/aromatic N) is 1. The zero-order chi connectivity index (χ0) is 24.2. The molecule has 0 aliphatic rings. The van der Waals surface area contributed by atoms with Gasteiger partial charge in [-0.3, -0.25) is 15.0 Å². The Hall–Kier alpha value is -2.78. The molecule has 0 saturated heterocycles. The summed E-state index contributed by atoms with van der Waals surface area (Å²) in [6.45, 7) is 9.43. The van der Waals surface area contributed by atoms with Crippen LogP contribution >= 0.6 is 0 Å². The third-order valence-corrected chi connectivity index (χ3v) is 5.18. The van der Waals surface area contributed by atoms with E-state index >= 15 is 0 Å². The average molecular weight is 446 g/mol. The van der Waals surface area contributed by atoms with Crippen molar-refractivity contribution in [1.29, 1.82) is 0 Å². The second-order valence-electron chi connectivity index (χ2n) is 8.33. The van der Waals surface area contributed by atoms with Crippen LogP contribution in [-0.2, 0) is 0 Å². The first-order valence-corrected chi connectivity index (χ1v) is 10.5. The highest BCUT2D eigenvalue weighted by Crippen LogP contribution is 2.20.